The highest BCUT2D eigenvalue weighted by atomic mass is 32.1. The van der Waals surface area contributed by atoms with Crippen LogP contribution in [0.4, 0.5) is 0 Å². The Morgan fingerprint density at radius 2 is 2.00 bits per heavy atom. The maximum atomic E-state index is 12.9. The molecule has 1 atom stereocenters. The molecule has 0 saturated carbocycles. The summed E-state index contributed by atoms with van der Waals surface area (Å²) < 4.78 is 19.5. The molecule has 158 valence electrons. The lowest BCUT2D eigenvalue weighted by Gasteiger charge is -2.24. The van der Waals surface area contributed by atoms with Crippen LogP contribution in [-0.2, 0) is 0 Å². The lowest BCUT2D eigenvalue weighted by atomic mass is 10.2. The zero-order valence-corrected chi connectivity index (χ0v) is 17.8. The fourth-order valence-corrected chi connectivity index (χ4v) is 4.24. The minimum absolute atomic E-state index is 0.209. The molecule has 8 heteroatoms. The monoisotopic (exact) mass is 435 g/mol. The van der Waals surface area contributed by atoms with Crippen molar-refractivity contribution >= 4 is 22.4 Å². The predicted molar refractivity (Wildman–Crippen MR) is 118 cm³/mol. The number of hydrogen-bond donors (Lipinski definition) is 0. The number of para-hydroxylation sites is 3. The van der Waals surface area contributed by atoms with Gasteiger partial charge in [-0.3, -0.25) is 4.79 Å². The normalized spacial score (nSPS) is 16.0. The number of benzene rings is 2. The molecule has 31 heavy (non-hydrogen) atoms. The highest BCUT2D eigenvalue weighted by Gasteiger charge is 2.27. The van der Waals surface area contributed by atoms with Gasteiger partial charge in [-0.25, -0.2) is 0 Å². The molecule has 0 N–H and O–H groups in total. The molecule has 0 unspecified atom stereocenters. The largest absolute Gasteiger partial charge is 0.493 e. The maximum absolute atomic E-state index is 12.9. The molecule has 2 aromatic carbocycles. The Bertz CT molecular complexity index is 1330. The summed E-state index contributed by atoms with van der Waals surface area (Å²) in [5, 5.41) is 4.40. The third-order valence-corrected chi connectivity index (χ3v) is 5.92. The SMILES string of the molecule is CCCCOc1ccccc1/C=c1\sc2nc([C@@H]3COc4ccccc4O3)nn2c1=O. The summed E-state index contributed by atoms with van der Waals surface area (Å²) in [4.78, 5) is 18.0. The summed E-state index contributed by atoms with van der Waals surface area (Å²) in [6.45, 7) is 3.07. The van der Waals surface area contributed by atoms with Crippen LogP contribution in [0.5, 0.6) is 17.2 Å². The lowest BCUT2D eigenvalue weighted by Crippen LogP contribution is -2.26. The number of fused-ring (bicyclic) bond motifs is 2. The molecule has 4 aromatic rings. The topological polar surface area (TPSA) is 74.9 Å². The van der Waals surface area contributed by atoms with E-state index in [-0.39, 0.29) is 5.56 Å². The smallest absolute Gasteiger partial charge is 0.291 e. The van der Waals surface area contributed by atoms with Gasteiger partial charge in [0, 0.05) is 5.56 Å². The van der Waals surface area contributed by atoms with E-state index in [9.17, 15) is 4.79 Å². The third-order valence-electron chi connectivity index (χ3n) is 4.96. The van der Waals surface area contributed by atoms with Crippen molar-refractivity contribution in [3.8, 4) is 17.2 Å². The van der Waals surface area contributed by atoms with E-state index in [0.29, 0.717) is 40.0 Å². The van der Waals surface area contributed by atoms with E-state index < -0.39 is 6.10 Å². The molecule has 0 fully saturated rings. The van der Waals surface area contributed by atoms with Gasteiger partial charge in [0.25, 0.3) is 5.56 Å². The van der Waals surface area contributed by atoms with Crippen molar-refractivity contribution in [2.75, 3.05) is 13.2 Å². The van der Waals surface area contributed by atoms with Gasteiger partial charge in [-0.15, -0.1) is 5.10 Å². The summed E-state index contributed by atoms with van der Waals surface area (Å²) in [6, 6.07) is 15.2. The molecule has 1 aliphatic heterocycles. The van der Waals surface area contributed by atoms with Gasteiger partial charge in [0.1, 0.15) is 12.4 Å². The van der Waals surface area contributed by atoms with E-state index in [4.69, 9.17) is 14.2 Å². The van der Waals surface area contributed by atoms with E-state index in [1.54, 1.807) is 0 Å². The van der Waals surface area contributed by atoms with Gasteiger partial charge in [0.15, 0.2) is 23.4 Å². The second-order valence-electron chi connectivity index (χ2n) is 7.18. The van der Waals surface area contributed by atoms with Crippen molar-refractivity contribution < 1.29 is 14.2 Å². The number of ether oxygens (including phenoxy) is 3. The molecule has 0 radical (unpaired) electrons. The van der Waals surface area contributed by atoms with Gasteiger partial charge >= 0.3 is 0 Å². The first kappa shape index (κ1) is 19.6. The van der Waals surface area contributed by atoms with Crippen LogP contribution in [0.2, 0.25) is 0 Å². The van der Waals surface area contributed by atoms with Crippen LogP contribution < -0.4 is 24.3 Å². The highest BCUT2D eigenvalue weighted by Crippen LogP contribution is 2.35. The Hall–Kier alpha value is -3.39. The van der Waals surface area contributed by atoms with Crippen LogP contribution in [0.1, 0.15) is 37.3 Å². The first-order valence-electron chi connectivity index (χ1n) is 10.2. The van der Waals surface area contributed by atoms with Crippen molar-refractivity contribution in [3.63, 3.8) is 0 Å². The van der Waals surface area contributed by atoms with Crippen molar-refractivity contribution in [1.82, 2.24) is 14.6 Å². The van der Waals surface area contributed by atoms with Gasteiger partial charge in [0.05, 0.1) is 11.1 Å². The summed E-state index contributed by atoms with van der Waals surface area (Å²) in [5.41, 5.74) is 0.653. The number of hydrogen-bond acceptors (Lipinski definition) is 7. The fraction of sp³-hybridized carbons (Fsp3) is 0.261. The first-order valence-corrected chi connectivity index (χ1v) is 11.1. The molecule has 0 bridgehead atoms. The van der Waals surface area contributed by atoms with Crippen molar-refractivity contribution in [1.29, 1.82) is 0 Å². The highest BCUT2D eigenvalue weighted by molar-refractivity contribution is 7.15. The molecule has 0 spiro atoms. The quantitative estimate of drug-likeness (QED) is 0.432. The van der Waals surface area contributed by atoms with E-state index in [1.807, 2.05) is 54.6 Å². The molecule has 3 heterocycles. The van der Waals surface area contributed by atoms with Crippen molar-refractivity contribution in [3.05, 3.63) is 74.8 Å². The van der Waals surface area contributed by atoms with Crippen molar-refractivity contribution in [2.24, 2.45) is 0 Å². The molecule has 5 rings (SSSR count). The average molecular weight is 436 g/mol. The van der Waals surface area contributed by atoms with Gasteiger partial charge in [0.2, 0.25) is 4.96 Å². The van der Waals surface area contributed by atoms with Crippen LogP contribution in [0.15, 0.2) is 53.3 Å². The van der Waals surface area contributed by atoms with Crippen LogP contribution in [-0.4, -0.2) is 27.8 Å². The molecule has 7 nitrogen and oxygen atoms in total. The van der Waals surface area contributed by atoms with Crippen LogP contribution >= 0.6 is 11.3 Å². The zero-order chi connectivity index (χ0) is 21.2. The number of nitrogens with zero attached hydrogens (tertiary/aromatic N) is 3. The predicted octanol–water partition coefficient (Wildman–Crippen LogP) is 3.39. The summed E-state index contributed by atoms with van der Waals surface area (Å²) in [5.74, 6) is 2.54. The molecule has 2 aromatic heterocycles. The number of unbranched alkanes of at least 4 members (excludes halogenated alkanes) is 1. The fourth-order valence-electron chi connectivity index (χ4n) is 3.33. The Morgan fingerprint density at radius 1 is 1.19 bits per heavy atom. The second kappa shape index (κ2) is 8.39. The third kappa shape index (κ3) is 3.86. The molecular formula is C23H21N3O4S. The number of rotatable bonds is 6. The van der Waals surface area contributed by atoms with Gasteiger partial charge in [-0.05, 0) is 30.7 Å². The second-order valence-corrected chi connectivity index (χ2v) is 8.19. The van der Waals surface area contributed by atoms with Gasteiger partial charge in [-0.1, -0.05) is 55.0 Å². The van der Waals surface area contributed by atoms with E-state index in [2.05, 4.69) is 17.0 Å². The molecule has 1 aliphatic rings. The summed E-state index contributed by atoms with van der Waals surface area (Å²) in [7, 11) is 0. The minimum atomic E-state index is -0.457. The van der Waals surface area contributed by atoms with Crippen LogP contribution in [0, 0.1) is 0 Å². The Kier molecular flexibility index (Phi) is 5.30. The number of aromatic nitrogens is 3. The maximum Gasteiger partial charge on any atom is 0.291 e. The van der Waals surface area contributed by atoms with Crippen molar-refractivity contribution in [2.45, 2.75) is 25.9 Å². The van der Waals surface area contributed by atoms with Crippen LogP contribution in [0.25, 0.3) is 11.0 Å². The average Bonchev–Trinajstić information content (AvgIpc) is 3.34. The zero-order valence-electron chi connectivity index (χ0n) is 17.0. The molecular weight excluding hydrogens is 414 g/mol. The Balaban J connectivity index is 1.44. The summed E-state index contributed by atoms with van der Waals surface area (Å²) >= 11 is 1.30. The molecule has 0 saturated heterocycles. The molecule has 0 aliphatic carbocycles. The summed E-state index contributed by atoms with van der Waals surface area (Å²) in [6.07, 6.45) is 3.42. The minimum Gasteiger partial charge on any atom is -0.493 e. The van der Waals surface area contributed by atoms with Crippen LogP contribution in [0.3, 0.4) is 0 Å². The Morgan fingerprint density at radius 3 is 2.84 bits per heavy atom. The van der Waals surface area contributed by atoms with E-state index in [1.165, 1.54) is 15.9 Å². The van der Waals surface area contributed by atoms with Gasteiger partial charge in [-0.2, -0.15) is 9.50 Å². The van der Waals surface area contributed by atoms with Gasteiger partial charge < -0.3 is 14.2 Å². The van der Waals surface area contributed by atoms with E-state index in [0.717, 1.165) is 24.2 Å². The van der Waals surface area contributed by atoms with E-state index >= 15 is 0 Å². The Labute approximate surface area is 182 Å². The standard InChI is InChI=1S/C23H21N3O4S/c1-2-3-12-28-16-9-5-4-8-15(16)13-20-22(27)26-23(31-20)24-21(25-26)19-14-29-17-10-6-7-11-18(17)30-19/h4-11,13,19H,2-3,12,14H2,1H3/b20-13-/t19-/m0/s1. The first-order chi connectivity index (χ1) is 15.2. The molecule has 0 amide bonds. The number of thiazole rings is 1. The lowest BCUT2D eigenvalue weighted by molar-refractivity contribution is 0.0852.